The summed E-state index contributed by atoms with van der Waals surface area (Å²) in [6.07, 6.45) is 1.59. The monoisotopic (exact) mass is 316 g/mol. The number of amides is 1. The quantitative estimate of drug-likeness (QED) is 0.866. The highest BCUT2D eigenvalue weighted by atomic mass is 35.5. The summed E-state index contributed by atoms with van der Waals surface area (Å²) in [5.74, 6) is -0.0204. The Hall–Kier alpha value is -0.770. The topological polar surface area (TPSA) is 46.3 Å². The normalized spacial score (nSPS) is 12.6. The number of hydrogen-bond donors (Lipinski definition) is 1. The summed E-state index contributed by atoms with van der Waals surface area (Å²) in [5.41, 5.74) is 6.88. The van der Waals surface area contributed by atoms with E-state index in [4.69, 9.17) is 28.9 Å². The molecule has 0 unspecified atom stereocenters. The van der Waals surface area contributed by atoms with Gasteiger partial charge < -0.3 is 10.6 Å². The van der Waals surface area contributed by atoms with Crippen LogP contribution in [-0.4, -0.2) is 22.9 Å². The molecule has 0 aliphatic heterocycles. The second kappa shape index (κ2) is 7.87. The first-order valence-corrected chi connectivity index (χ1v) is 7.62. The maximum atomic E-state index is 12.4. The van der Waals surface area contributed by atoms with E-state index in [1.807, 2.05) is 26.8 Å². The van der Waals surface area contributed by atoms with Gasteiger partial charge in [-0.25, -0.2) is 0 Å². The summed E-state index contributed by atoms with van der Waals surface area (Å²) in [4.78, 5) is 14.2. The van der Waals surface area contributed by atoms with Gasteiger partial charge in [0, 0.05) is 12.6 Å². The Kier molecular flexibility index (Phi) is 6.80. The lowest BCUT2D eigenvalue weighted by molar-refractivity contribution is -0.135. The molecule has 2 N–H and O–H groups in total. The second-order valence-corrected chi connectivity index (χ2v) is 6.02. The van der Waals surface area contributed by atoms with Gasteiger partial charge in [0.1, 0.15) is 0 Å². The molecular weight excluding hydrogens is 295 g/mol. The number of carbonyl (C=O) groups excluding carboxylic acids is 1. The van der Waals surface area contributed by atoms with Crippen molar-refractivity contribution in [2.24, 2.45) is 5.73 Å². The van der Waals surface area contributed by atoms with Crippen molar-refractivity contribution in [1.82, 2.24) is 4.90 Å². The highest BCUT2D eigenvalue weighted by Crippen LogP contribution is 2.23. The van der Waals surface area contributed by atoms with Crippen molar-refractivity contribution in [2.75, 3.05) is 0 Å². The molecule has 0 aliphatic rings. The number of hydrogen-bond acceptors (Lipinski definition) is 2. The SMILES string of the molecule is CCC[C@H](N)C(=O)N(Cc1ccc(Cl)c(Cl)c1)C(C)C. The van der Waals surface area contributed by atoms with Crippen LogP contribution in [0.2, 0.25) is 10.0 Å². The zero-order chi connectivity index (χ0) is 15.3. The molecule has 0 aromatic heterocycles. The molecule has 0 fully saturated rings. The standard InChI is InChI=1S/C15H22Cl2N2O/c1-4-5-14(18)15(20)19(10(2)3)9-11-6-7-12(16)13(17)8-11/h6-8,10,14H,4-5,9,18H2,1-3H3/t14-/m0/s1. The van der Waals surface area contributed by atoms with Gasteiger partial charge in [-0.15, -0.1) is 0 Å². The Morgan fingerprint density at radius 1 is 1.30 bits per heavy atom. The zero-order valence-electron chi connectivity index (χ0n) is 12.2. The van der Waals surface area contributed by atoms with E-state index in [-0.39, 0.29) is 11.9 Å². The van der Waals surface area contributed by atoms with Crippen molar-refractivity contribution in [1.29, 1.82) is 0 Å². The lowest BCUT2D eigenvalue weighted by Gasteiger charge is -2.29. The smallest absolute Gasteiger partial charge is 0.240 e. The van der Waals surface area contributed by atoms with Crippen LogP contribution in [0, 0.1) is 0 Å². The van der Waals surface area contributed by atoms with Crippen LogP contribution in [0.4, 0.5) is 0 Å². The van der Waals surface area contributed by atoms with E-state index in [9.17, 15) is 4.79 Å². The van der Waals surface area contributed by atoms with Gasteiger partial charge in [-0.3, -0.25) is 4.79 Å². The van der Waals surface area contributed by atoms with E-state index < -0.39 is 6.04 Å². The van der Waals surface area contributed by atoms with Gasteiger partial charge in [-0.1, -0.05) is 42.6 Å². The maximum Gasteiger partial charge on any atom is 0.240 e. The van der Waals surface area contributed by atoms with E-state index in [0.717, 1.165) is 12.0 Å². The summed E-state index contributed by atoms with van der Waals surface area (Å²) >= 11 is 11.9. The van der Waals surface area contributed by atoms with Gasteiger partial charge in [-0.05, 0) is 38.0 Å². The Morgan fingerprint density at radius 3 is 2.45 bits per heavy atom. The minimum Gasteiger partial charge on any atom is -0.335 e. The molecule has 0 heterocycles. The Bertz CT molecular complexity index is 463. The molecular formula is C15H22Cl2N2O. The first-order chi connectivity index (χ1) is 9.36. The molecule has 1 rings (SSSR count). The molecule has 1 atom stereocenters. The molecule has 5 heteroatoms. The molecule has 0 radical (unpaired) electrons. The van der Waals surface area contributed by atoms with Gasteiger partial charge in [0.05, 0.1) is 16.1 Å². The average Bonchev–Trinajstić information content (AvgIpc) is 2.39. The van der Waals surface area contributed by atoms with Gasteiger partial charge in [0.25, 0.3) is 0 Å². The summed E-state index contributed by atoms with van der Waals surface area (Å²) in [6.45, 7) is 6.47. The molecule has 112 valence electrons. The van der Waals surface area contributed by atoms with Crippen LogP contribution in [0.15, 0.2) is 18.2 Å². The molecule has 0 saturated heterocycles. The van der Waals surface area contributed by atoms with E-state index >= 15 is 0 Å². The fourth-order valence-electron chi connectivity index (χ4n) is 2.00. The van der Waals surface area contributed by atoms with Crippen LogP contribution in [0.1, 0.15) is 39.2 Å². The van der Waals surface area contributed by atoms with Crippen LogP contribution in [-0.2, 0) is 11.3 Å². The predicted octanol–water partition coefficient (Wildman–Crippen LogP) is 3.86. The summed E-state index contributed by atoms with van der Waals surface area (Å²) in [6, 6.07) is 5.05. The van der Waals surface area contributed by atoms with Gasteiger partial charge in [-0.2, -0.15) is 0 Å². The molecule has 0 bridgehead atoms. The fraction of sp³-hybridized carbons (Fsp3) is 0.533. The van der Waals surface area contributed by atoms with Gasteiger partial charge in [0.15, 0.2) is 0 Å². The molecule has 1 amide bonds. The van der Waals surface area contributed by atoms with Gasteiger partial charge >= 0.3 is 0 Å². The lowest BCUT2D eigenvalue weighted by Crippen LogP contribution is -2.46. The highest BCUT2D eigenvalue weighted by molar-refractivity contribution is 6.42. The van der Waals surface area contributed by atoms with Crippen molar-refractivity contribution < 1.29 is 4.79 Å². The van der Waals surface area contributed by atoms with Crippen LogP contribution in [0.5, 0.6) is 0 Å². The lowest BCUT2D eigenvalue weighted by atomic mass is 10.1. The first-order valence-electron chi connectivity index (χ1n) is 6.86. The molecule has 3 nitrogen and oxygen atoms in total. The summed E-state index contributed by atoms with van der Waals surface area (Å²) in [5, 5.41) is 1.01. The second-order valence-electron chi connectivity index (χ2n) is 5.20. The molecule has 0 saturated carbocycles. The van der Waals surface area contributed by atoms with Crippen LogP contribution < -0.4 is 5.73 Å². The summed E-state index contributed by atoms with van der Waals surface area (Å²) < 4.78 is 0. The third kappa shape index (κ3) is 4.65. The Balaban J connectivity index is 2.86. The van der Waals surface area contributed by atoms with Crippen molar-refractivity contribution in [3.8, 4) is 0 Å². The van der Waals surface area contributed by atoms with E-state index in [0.29, 0.717) is 23.0 Å². The van der Waals surface area contributed by atoms with Crippen LogP contribution in [0.3, 0.4) is 0 Å². The Labute approximate surface area is 131 Å². The molecule has 0 spiro atoms. The Morgan fingerprint density at radius 2 is 1.95 bits per heavy atom. The van der Waals surface area contributed by atoms with E-state index in [2.05, 4.69) is 0 Å². The molecule has 1 aromatic carbocycles. The fourth-order valence-corrected chi connectivity index (χ4v) is 2.32. The van der Waals surface area contributed by atoms with E-state index in [1.165, 1.54) is 0 Å². The minimum absolute atomic E-state index is 0.0204. The largest absolute Gasteiger partial charge is 0.335 e. The zero-order valence-corrected chi connectivity index (χ0v) is 13.7. The van der Waals surface area contributed by atoms with Crippen LogP contribution >= 0.6 is 23.2 Å². The maximum absolute atomic E-state index is 12.4. The van der Waals surface area contributed by atoms with Crippen molar-refractivity contribution >= 4 is 29.1 Å². The summed E-state index contributed by atoms with van der Waals surface area (Å²) in [7, 11) is 0. The van der Waals surface area contributed by atoms with Crippen LogP contribution in [0.25, 0.3) is 0 Å². The minimum atomic E-state index is -0.440. The van der Waals surface area contributed by atoms with Crippen molar-refractivity contribution in [2.45, 2.75) is 52.2 Å². The molecule has 20 heavy (non-hydrogen) atoms. The van der Waals surface area contributed by atoms with Crippen molar-refractivity contribution in [3.63, 3.8) is 0 Å². The number of rotatable bonds is 6. The molecule has 0 aliphatic carbocycles. The highest BCUT2D eigenvalue weighted by Gasteiger charge is 2.22. The van der Waals surface area contributed by atoms with Crippen molar-refractivity contribution in [3.05, 3.63) is 33.8 Å². The molecule has 1 aromatic rings. The van der Waals surface area contributed by atoms with E-state index in [1.54, 1.807) is 17.0 Å². The third-order valence-corrected chi connectivity index (χ3v) is 3.90. The number of nitrogens with two attached hydrogens (primary N) is 1. The van der Waals surface area contributed by atoms with Gasteiger partial charge in [0.2, 0.25) is 5.91 Å². The number of carbonyl (C=O) groups is 1. The third-order valence-electron chi connectivity index (χ3n) is 3.16. The number of halogens is 2. The number of nitrogens with zero attached hydrogens (tertiary/aromatic N) is 1. The predicted molar refractivity (Wildman–Crippen MR) is 85.0 cm³/mol. The first kappa shape index (κ1) is 17.3. The number of benzene rings is 1. The average molecular weight is 317 g/mol.